The van der Waals surface area contributed by atoms with Gasteiger partial charge in [0.25, 0.3) is 5.91 Å². The maximum absolute atomic E-state index is 12.9. The third kappa shape index (κ3) is 4.58. The summed E-state index contributed by atoms with van der Waals surface area (Å²) >= 11 is 1.73. The Morgan fingerprint density at radius 3 is 2.65 bits per heavy atom. The third-order valence-electron chi connectivity index (χ3n) is 5.11. The Bertz CT molecular complexity index is 1490. The maximum Gasteiger partial charge on any atom is 0.255 e. The quantitative estimate of drug-likeness (QED) is 0.302. The molecule has 0 aliphatic heterocycles. The number of benzene rings is 2. The summed E-state index contributed by atoms with van der Waals surface area (Å²) in [4.78, 5) is 14.0. The smallest absolute Gasteiger partial charge is 0.255 e. The molecule has 2 aromatic carbocycles. The van der Waals surface area contributed by atoms with Crippen molar-refractivity contribution in [3.63, 3.8) is 0 Å². The van der Waals surface area contributed by atoms with E-state index in [9.17, 15) is 4.79 Å². The number of anilines is 1. The molecule has 7 nitrogen and oxygen atoms in total. The van der Waals surface area contributed by atoms with Gasteiger partial charge in [-0.2, -0.15) is 9.61 Å². The molecule has 0 atom stereocenters. The van der Waals surface area contributed by atoms with Crippen LogP contribution >= 0.6 is 11.8 Å². The molecule has 0 radical (unpaired) electrons. The molecule has 170 valence electrons. The fraction of sp³-hybridized carbons (Fsp3) is 0.154. The zero-order valence-corrected chi connectivity index (χ0v) is 19.8. The number of rotatable bonds is 6. The van der Waals surface area contributed by atoms with Crippen molar-refractivity contribution in [1.82, 2.24) is 19.8 Å². The summed E-state index contributed by atoms with van der Waals surface area (Å²) in [5.41, 5.74) is 3.52. The van der Waals surface area contributed by atoms with Gasteiger partial charge >= 0.3 is 0 Å². The minimum absolute atomic E-state index is 0.152. The maximum atomic E-state index is 12.9. The number of nitrogens with one attached hydrogen (secondary N) is 1. The lowest BCUT2D eigenvalue weighted by atomic mass is 10.1. The van der Waals surface area contributed by atoms with Crippen LogP contribution in [0.1, 0.15) is 30.0 Å². The number of hydrogen-bond donors (Lipinski definition) is 1. The summed E-state index contributed by atoms with van der Waals surface area (Å²) in [6.45, 7) is 6.14. The van der Waals surface area contributed by atoms with Crippen molar-refractivity contribution in [3.8, 4) is 22.8 Å². The first-order chi connectivity index (χ1) is 16.5. The number of nitrogens with zero attached hydrogens (tertiary/aromatic N) is 4. The highest BCUT2D eigenvalue weighted by atomic mass is 32.2. The Kier molecular flexibility index (Phi) is 5.90. The first kappa shape index (κ1) is 21.9. The molecule has 0 aliphatic carbocycles. The van der Waals surface area contributed by atoms with E-state index in [4.69, 9.17) is 9.52 Å². The number of carbonyl (C=O) groups excluding carboxylic acids is 1. The molecule has 0 fully saturated rings. The second-order valence-corrected chi connectivity index (χ2v) is 9.80. The number of furan rings is 1. The van der Waals surface area contributed by atoms with Gasteiger partial charge in [-0.25, -0.2) is 0 Å². The van der Waals surface area contributed by atoms with Crippen molar-refractivity contribution in [2.75, 3.05) is 5.32 Å². The molecule has 3 aromatic heterocycles. The molecule has 0 spiro atoms. The topological polar surface area (TPSA) is 85.3 Å². The number of amides is 1. The van der Waals surface area contributed by atoms with E-state index >= 15 is 0 Å². The molecule has 5 rings (SSSR count). The van der Waals surface area contributed by atoms with Crippen LogP contribution in [-0.2, 0) is 0 Å². The van der Waals surface area contributed by atoms with E-state index < -0.39 is 0 Å². The second-order valence-electron chi connectivity index (χ2n) is 8.15. The lowest BCUT2D eigenvalue weighted by Gasteiger charge is -2.10. The Hall–Kier alpha value is -3.91. The molecular formula is C26H23N5O2S. The van der Waals surface area contributed by atoms with Crippen molar-refractivity contribution in [3.05, 3.63) is 84.1 Å². The number of carbonyl (C=O) groups is 1. The molecule has 3 heterocycles. The minimum atomic E-state index is -0.152. The Labute approximate surface area is 201 Å². The number of aryl methyl sites for hydroxylation is 1. The van der Waals surface area contributed by atoms with E-state index in [2.05, 4.69) is 29.4 Å². The van der Waals surface area contributed by atoms with Gasteiger partial charge in [0.2, 0.25) is 5.82 Å². The van der Waals surface area contributed by atoms with Crippen LogP contribution in [0.25, 0.3) is 28.5 Å². The molecule has 1 amide bonds. The van der Waals surface area contributed by atoms with Crippen molar-refractivity contribution >= 4 is 29.0 Å². The normalized spacial score (nSPS) is 11.3. The van der Waals surface area contributed by atoms with Gasteiger partial charge in [-0.15, -0.1) is 22.0 Å². The van der Waals surface area contributed by atoms with E-state index in [0.29, 0.717) is 33.7 Å². The zero-order chi connectivity index (χ0) is 23.7. The highest BCUT2D eigenvalue weighted by Crippen LogP contribution is 2.26. The van der Waals surface area contributed by atoms with Gasteiger partial charge in [0.1, 0.15) is 5.76 Å². The number of thioether (sulfide) groups is 1. The van der Waals surface area contributed by atoms with Crippen LogP contribution in [0.3, 0.4) is 0 Å². The molecule has 0 unspecified atom stereocenters. The largest absolute Gasteiger partial charge is 0.458 e. The first-order valence-corrected chi connectivity index (χ1v) is 11.8. The predicted octanol–water partition coefficient (Wildman–Crippen LogP) is 6.11. The van der Waals surface area contributed by atoms with Gasteiger partial charge in [-0.3, -0.25) is 4.79 Å². The predicted molar refractivity (Wildman–Crippen MR) is 134 cm³/mol. The summed E-state index contributed by atoms with van der Waals surface area (Å²) in [5, 5.41) is 16.6. The summed E-state index contributed by atoms with van der Waals surface area (Å²) in [7, 11) is 0. The van der Waals surface area contributed by atoms with Gasteiger partial charge < -0.3 is 9.73 Å². The summed E-state index contributed by atoms with van der Waals surface area (Å²) in [6, 6.07) is 22.8. The zero-order valence-electron chi connectivity index (χ0n) is 19.0. The van der Waals surface area contributed by atoms with E-state index in [1.165, 1.54) is 0 Å². The average molecular weight is 470 g/mol. The average Bonchev–Trinajstić information content (AvgIpc) is 3.44. The van der Waals surface area contributed by atoms with Gasteiger partial charge in [-0.05, 0) is 61.5 Å². The van der Waals surface area contributed by atoms with E-state index in [-0.39, 0.29) is 5.91 Å². The lowest BCUT2D eigenvalue weighted by molar-refractivity contribution is 0.102. The van der Waals surface area contributed by atoms with Crippen molar-refractivity contribution in [2.24, 2.45) is 0 Å². The van der Waals surface area contributed by atoms with Gasteiger partial charge in [0.05, 0.1) is 5.69 Å². The van der Waals surface area contributed by atoms with Gasteiger partial charge in [0, 0.05) is 27.0 Å². The first-order valence-electron chi connectivity index (χ1n) is 10.9. The number of fused-ring (bicyclic) bond motifs is 1. The van der Waals surface area contributed by atoms with Crippen LogP contribution < -0.4 is 5.32 Å². The van der Waals surface area contributed by atoms with Gasteiger partial charge in [0.15, 0.2) is 11.4 Å². The lowest BCUT2D eigenvalue weighted by Crippen LogP contribution is -2.12. The highest BCUT2D eigenvalue weighted by molar-refractivity contribution is 7.99. The SMILES string of the molecule is Cc1ccc(-c2nnc3ccc(-c4cccc(NC(=O)c5cccc(SC(C)C)c5)c4)nn23)o1. The number of aromatic nitrogens is 4. The summed E-state index contributed by atoms with van der Waals surface area (Å²) in [5.74, 6) is 1.78. The Balaban J connectivity index is 1.41. The van der Waals surface area contributed by atoms with Gasteiger partial charge in [-0.1, -0.05) is 32.0 Å². The Morgan fingerprint density at radius 1 is 1.00 bits per heavy atom. The highest BCUT2D eigenvalue weighted by Gasteiger charge is 2.14. The fourth-order valence-corrected chi connectivity index (χ4v) is 4.49. The van der Waals surface area contributed by atoms with Crippen LogP contribution in [0.15, 0.2) is 82.1 Å². The molecule has 5 aromatic rings. The van der Waals surface area contributed by atoms with Crippen LogP contribution in [0, 0.1) is 6.92 Å². The van der Waals surface area contributed by atoms with Crippen molar-refractivity contribution in [2.45, 2.75) is 30.9 Å². The van der Waals surface area contributed by atoms with Crippen LogP contribution in [0.2, 0.25) is 0 Å². The van der Waals surface area contributed by atoms with E-state index in [1.54, 1.807) is 16.3 Å². The molecule has 0 saturated heterocycles. The fourth-order valence-electron chi connectivity index (χ4n) is 3.59. The van der Waals surface area contributed by atoms with E-state index in [0.717, 1.165) is 21.9 Å². The molecule has 1 N–H and O–H groups in total. The third-order valence-corrected chi connectivity index (χ3v) is 6.11. The summed E-state index contributed by atoms with van der Waals surface area (Å²) < 4.78 is 7.37. The number of hydrogen-bond acceptors (Lipinski definition) is 6. The van der Waals surface area contributed by atoms with Crippen LogP contribution in [0.5, 0.6) is 0 Å². The molecule has 0 aliphatic rings. The van der Waals surface area contributed by atoms with Crippen LogP contribution in [0.4, 0.5) is 5.69 Å². The molecular weight excluding hydrogens is 446 g/mol. The second kappa shape index (κ2) is 9.15. The van der Waals surface area contributed by atoms with Crippen molar-refractivity contribution in [1.29, 1.82) is 0 Å². The summed E-state index contributed by atoms with van der Waals surface area (Å²) in [6.07, 6.45) is 0. The van der Waals surface area contributed by atoms with Crippen molar-refractivity contribution < 1.29 is 9.21 Å². The molecule has 0 saturated carbocycles. The standard InChI is InChI=1S/C26H23N5O2S/c1-16(2)34-21-9-5-7-19(15-21)26(32)27-20-8-4-6-18(14-20)22-11-13-24-28-29-25(31(24)30-22)23-12-10-17(3)33-23/h4-16H,1-3H3,(H,27,32). The van der Waals surface area contributed by atoms with E-state index in [1.807, 2.05) is 79.7 Å². The minimum Gasteiger partial charge on any atom is -0.458 e. The Morgan fingerprint density at radius 2 is 1.85 bits per heavy atom. The molecule has 0 bridgehead atoms. The molecule has 8 heteroatoms. The molecule has 34 heavy (non-hydrogen) atoms. The monoisotopic (exact) mass is 469 g/mol. The van der Waals surface area contributed by atoms with Crippen LogP contribution in [-0.4, -0.2) is 31.0 Å².